The minimum atomic E-state index is -4.49. The average Bonchev–Trinajstić information content (AvgIpc) is 3.47. The Morgan fingerprint density at radius 3 is 1.93 bits per heavy atom. The SMILES string of the molecule is CCCCC/C=C\C/C=C\C/C=C\C/C=C\C/C=C\CCC(=O)OC[C@H](COP(=O)(O)OCC[N+](C)(C)C)OC(=O)C/C=C\C[C@H]1[C@@H](/C=C/[C@H](O)CCCCC)[C@H](O)C[C@@H]1O. The first-order chi connectivity index (χ1) is 29.2. The Bertz CT molecular complexity index is 1430. The van der Waals surface area contributed by atoms with E-state index in [1.165, 1.54) is 19.3 Å². The lowest BCUT2D eigenvalue weighted by Gasteiger charge is -2.24. The summed E-state index contributed by atoms with van der Waals surface area (Å²) in [6, 6.07) is 0. The van der Waals surface area contributed by atoms with Gasteiger partial charge in [0.15, 0.2) is 6.10 Å². The van der Waals surface area contributed by atoms with Crippen molar-refractivity contribution >= 4 is 19.8 Å². The molecule has 1 fully saturated rings. The van der Waals surface area contributed by atoms with E-state index in [4.69, 9.17) is 18.5 Å². The molecule has 0 bridgehead atoms. The fourth-order valence-corrected chi connectivity index (χ4v) is 7.12. The molecule has 0 spiro atoms. The number of unbranched alkanes of at least 4 members (excludes halogenated alkanes) is 5. The summed E-state index contributed by atoms with van der Waals surface area (Å²) in [6.07, 6.45) is 37.8. The second kappa shape index (κ2) is 34.5. The monoisotopic (exact) mass is 879 g/mol. The molecule has 0 aromatic heterocycles. The zero-order valence-corrected chi connectivity index (χ0v) is 38.8. The summed E-state index contributed by atoms with van der Waals surface area (Å²) in [5.74, 6) is -1.85. The van der Waals surface area contributed by atoms with Crippen molar-refractivity contribution in [1.29, 1.82) is 0 Å². The van der Waals surface area contributed by atoms with Crippen LogP contribution in [0.2, 0.25) is 0 Å². The normalized spacial score (nSPS) is 21.0. The van der Waals surface area contributed by atoms with Crippen LogP contribution in [-0.4, -0.2) is 109 Å². The van der Waals surface area contributed by atoms with Gasteiger partial charge in [-0.15, -0.1) is 0 Å². The Hall–Kier alpha value is -2.93. The Morgan fingerprint density at radius 1 is 0.738 bits per heavy atom. The third kappa shape index (κ3) is 31.5. The van der Waals surface area contributed by atoms with Gasteiger partial charge in [0, 0.05) is 18.8 Å². The van der Waals surface area contributed by atoms with Gasteiger partial charge in [0.25, 0.3) is 0 Å². The maximum absolute atomic E-state index is 12.8. The van der Waals surface area contributed by atoms with Gasteiger partial charge in [0.1, 0.15) is 19.8 Å². The molecule has 0 aromatic rings. The number of allylic oxidation sites excluding steroid dienone is 11. The van der Waals surface area contributed by atoms with Gasteiger partial charge in [-0.3, -0.25) is 18.6 Å². The standard InChI is InChI=1S/C48H80NO11P/c1-6-8-10-11-12-13-14-15-16-17-18-19-20-21-22-23-24-25-27-32-47(53)57-39-42(40-59-61(55,56)58-37-36-49(3,4)5)60-48(54)33-29-28-31-43-44(46(52)38-45(43)51)35-34-41(50)30-26-9-7-2/h12-13,15-16,18-19,21-22,24-25,28-29,34-35,41-46,50-52H,6-11,14,17,20,23,26-27,30-33,36-40H2,1-5H3/p+1/b13-12-,16-15-,19-18-,22-21-,25-24-,29-28-,35-34+/t41-,42-,43+,44-,45+,46-/m1/s1. The first kappa shape index (κ1) is 56.1. The Kier molecular flexibility index (Phi) is 31.8. The maximum Gasteiger partial charge on any atom is 0.472 e. The van der Waals surface area contributed by atoms with Crippen LogP contribution in [0.4, 0.5) is 0 Å². The molecule has 1 aliphatic carbocycles. The van der Waals surface area contributed by atoms with E-state index in [0.29, 0.717) is 30.3 Å². The molecule has 61 heavy (non-hydrogen) atoms. The number of aliphatic hydroxyl groups excluding tert-OH is 3. The Morgan fingerprint density at radius 2 is 1.33 bits per heavy atom. The number of nitrogens with zero attached hydrogens (tertiary/aromatic N) is 1. The summed E-state index contributed by atoms with van der Waals surface area (Å²) in [5, 5.41) is 31.4. The van der Waals surface area contributed by atoms with Crippen molar-refractivity contribution in [3.8, 4) is 0 Å². The minimum absolute atomic E-state index is 0.0413. The quantitative estimate of drug-likeness (QED) is 0.0158. The maximum atomic E-state index is 12.8. The first-order valence-corrected chi connectivity index (χ1v) is 24.1. The topological polar surface area (TPSA) is 169 Å². The lowest BCUT2D eigenvalue weighted by molar-refractivity contribution is -0.870. The molecule has 13 heteroatoms. The molecule has 0 amide bonds. The van der Waals surface area contributed by atoms with Crippen LogP contribution in [0, 0.1) is 11.8 Å². The van der Waals surface area contributed by atoms with E-state index in [9.17, 15) is 34.4 Å². The summed E-state index contributed by atoms with van der Waals surface area (Å²) in [5.41, 5.74) is 0. The van der Waals surface area contributed by atoms with Crippen LogP contribution < -0.4 is 0 Å². The zero-order valence-electron chi connectivity index (χ0n) is 37.9. The van der Waals surface area contributed by atoms with Gasteiger partial charge in [0.05, 0.1) is 52.5 Å². The predicted molar refractivity (Wildman–Crippen MR) is 244 cm³/mol. The van der Waals surface area contributed by atoms with Crippen molar-refractivity contribution in [2.24, 2.45) is 11.8 Å². The fourth-order valence-electron chi connectivity index (χ4n) is 6.38. The van der Waals surface area contributed by atoms with Crippen LogP contribution >= 0.6 is 7.82 Å². The van der Waals surface area contributed by atoms with Gasteiger partial charge in [-0.05, 0) is 63.7 Å². The molecule has 1 rings (SSSR count). The number of phosphoric ester groups is 1. The van der Waals surface area contributed by atoms with E-state index in [-0.39, 0.29) is 44.3 Å². The Labute approximate surface area is 368 Å². The van der Waals surface area contributed by atoms with Crippen molar-refractivity contribution in [3.63, 3.8) is 0 Å². The minimum Gasteiger partial charge on any atom is -0.462 e. The van der Waals surface area contributed by atoms with Crippen molar-refractivity contribution in [2.75, 3.05) is 47.5 Å². The highest BCUT2D eigenvalue weighted by atomic mass is 31.2. The Balaban J connectivity index is 2.60. The largest absolute Gasteiger partial charge is 0.472 e. The molecule has 12 nitrogen and oxygen atoms in total. The molecule has 0 radical (unpaired) electrons. The van der Waals surface area contributed by atoms with E-state index in [1.54, 1.807) is 24.3 Å². The van der Waals surface area contributed by atoms with Gasteiger partial charge >= 0.3 is 19.8 Å². The molecular weight excluding hydrogens is 797 g/mol. The van der Waals surface area contributed by atoms with E-state index in [0.717, 1.165) is 51.4 Å². The second-order valence-electron chi connectivity index (χ2n) is 16.7. The van der Waals surface area contributed by atoms with Crippen molar-refractivity contribution in [3.05, 3.63) is 85.1 Å². The predicted octanol–water partition coefficient (Wildman–Crippen LogP) is 9.17. The van der Waals surface area contributed by atoms with Gasteiger partial charge in [-0.25, -0.2) is 4.57 Å². The highest BCUT2D eigenvalue weighted by molar-refractivity contribution is 7.47. The summed E-state index contributed by atoms with van der Waals surface area (Å²) >= 11 is 0. The lowest BCUT2D eigenvalue weighted by atomic mass is 9.89. The highest BCUT2D eigenvalue weighted by Gasteiger charge is 2.39. The van der Waals surface area contributed by atoms with Crippen molar-refractivity contribution in [2.45, 2.75) is 147 Å². The van der Waals surface area contributed by atoms with E-state index in [1.807, 2.05) is 33.3 Å². The van der Waals surface area contributed by atoms with E-state index in [2.05, 4.69) is 62.5 Å². The third-order valence-electron chi connectivity index (χ3n) is 10.0. The molecule has 0 heterocycles. The molecule has 348 valence electrons. The summed E-state index contributed by atoms with van der Waals surface area (Å²) in [6.45, 7) is 3.79. The van der Waals surface area contributed by atoms with Gasteiger partial charge < -0.3 is 34.2 Å². The fraction of sp³-hybridized carbons (Fsp3) is 0.667. The number of ether oxygens (including phenoxy) is 2. The molecule has 4 N–H and O–H groups in total. The molecule has 0 aliphatic heterocycles. The highest BCUT2D eigenvalue weighted by Crippen LogP contribution is 2.43. The number of carbonyl (C=O) groups is 2. The number of carbonyl (C=O) groups excluding carboxylic acids is 2. The number of hydrogen-bond acceptors (Lipinski definition) is 10. The summed E-state index contributed by atoms with van der Waals surface area (Å²) < 4.78 is 34.1. The average molecular weight is 879 g/mol. The summed E-state index contributed by atoms with van der Waals surface area (Å²) in [4.78, 5) is 35.6. The van der Waals surface area contributed by atoms with Crippen LogP contribution in [-0.2, 0) is 32.7 Å². The van der Waals surface area contributed by atoms with E-state index < -0.39 is 50.8 Å². The molecule has 0 aromatic carbocycles. The number of esters is 2. The number of quaternary nitrogens is 1. The zero-order chi connectivity index (χ0) is 45.2. The van der Waals surface area contributed by atoms with Gasteiger partial charge in [-0.1, -0.05) is 131 Å². The van der Waals surface area contributed by atoms with Crippen molar-refractivity contribution < 1.29 is 57.4 Å². The number of aliphatic hydroxyl groups is 3. The second-order valence-corrected chi connectivity index (χ2v) is 18.2. The number of likely N-dealkylation sites (N-methyl/N-ethyl adjacent to an activating group) is 1. The number of phosphoric acid groups is 1. The molecule has 1 unspecified atom stereocenters. The van der Waals surface area contributed by atoms with E-state index >= 15 is 0 Å². The molecule has 0 saturated heterocycles. The van der Waals surface area contributed by atoms with Crippen molar-refractivity contribution in [1.82, 2.24) is 0 Å². The van der Waals surface area contributed by atoms with Crippen LogP contribution in [0.5, 0.6) is 0 Å². The van der Waals surface area contributed by atoms with Crippen LogP contribution in [0.1, 0.15) is 123 Å². The molecule has 1 aliphatic rings. The van der Waals surface area contributed by atoms with Crippen LogP contribution in [0.15, 0.2) is 85.1 Å². The number of rotatable bonds is 35. The van der Waals surface area contributed by atoms with Gasteiger partial charge in [0.2, 0.25) is 0 Å². The first-order valence-electron chi connectivity index (χ1n) is 22.6. The smallest absolute Gasteiger partial charge is 0.462 e. The van der Waals surface area contributed by atoms with Crippen LogP contribution in [0.25, 0.3) is 0 Å². The van der Waals surface area contributed by atoms with Crippen LogP contribution in [0.3, 0.4) is 0 Å². The lowest BCUT2D eigenvalue weighted by Crippen LogP contribution is -2.37. The third-order valence-corrected chi connectivity index (χ3v) is 11.0. The summed E-state index contributed by atoms with van der Waals surface area (Å²) in [7, 11) is 1.23. The molecule has 7 atom stereocenters. The van der Waals surface area contributed by atoms with Gasteiger partial charge in [-0.2, -0.15) is 0 Å². The molecule has 1 saturated carbocycles. The molecular formula is C48H81NO11P+. The number of hydrogen-bond donors (Lipinski definition) is 4.